The van der Waals surface area contributed by atoms with Crippen LogP contribution in [0.5, 0.6) is 0 Å². The van der Waals surface area contributed by atoms with E-state index in [-0.39, 0.29) is 5.60 Å². The SMILES string of the molecule is CCC1(CC)CNCC(CC)(CC)OC1. The molecule has 1 heterocycles. The Labute approximate surface area is 94.8 Å². The van der Waals surface area contributed by atoms with Crippen LogP contribution >= 0.6 is 0 Å². The minimum atomic E-state index is 0.0894. The topological polar surface area (TPSA) is 21.3 Å². The lowest BCUT2D eigenvalue weighted by Crippen LogP contribution is -2.40. The molecule has 0 radical (unpaired) electrons. The van der Waals surface area contributed by atoms with Crippen LogP contribution in [-0.4, -0.2) is 25.3 Å². The minimum Gasteiger partial charge on any atom is -0.373 e. The van der Waals surface area contributed by atoms with Gasteiger partial charge in [-0.2, -0.15) is 0 Å². The van der Waals surface area contributed by atoms with E-state index in [4.69, 9.17) is 4.74 Å². The molecule has 1 N–H and O–H groups in total. The van der Waals surface area contributed by atoms with E-state index in [0.717, 1.165) is 32.5 Å². The lowest BCUT2D eigenvalue weighted by molar-refractivity contribution is -0.0694. The van der Waals surface area contributed by atoms with Crippen molar-refractivity contribution >= 4 is 0 Å². The molecule has 90 valence electrons. The molecule has 1 saturated heterocycles. The smallest absolute Gasteiger partial charge is 0.0801 e. The van der Waals surface area contributed by atoms with E-state index in [2.05, 4.69) is 33.0 Å². The van der Waals surface area contributed by atoms with Crippen molar-refractivity contribution < 1.29 is 4.74 Å². The van der Waals surface area contributed by atoms with Gasteiger partial charge in [0.15, 0.2) is 0 Å². The number of ether oxygens (including phenoxy) is 1. The number of nitrogens with one attached hydrogen (secondary N) is 1. The Bertz CT molecular complexity index is 163. The van der Waals surface area contributed by atoms with Gasteiger partial charge in [-0.25, -0.2) is 0 Å². The van der Waals surface area contributed by atoms with Crippen molar-refractivity contribution in [2.75, 3.05) is 19.7 Å². The lowest BCUT2D eigenvalue weighted by Gasteiger charge is -2.33. The molecule has 0 aromatic rings. The molecule has 0 amide bonds. The van der Waals surface area contributed by atoms with E-state index in [9.17, 15) is 0 Å². The summed E-state index contributed by atoms with van der Waals surface area (Å²) in [6.07, 6.45) is 4.64. The second kappa shape index (κ2) is 5.31. The van der Waals surface area contributed by atoms with Crippen molar-refractivity contribution in [2.45, 2.75) is 59.0 Å². The van der Waals surface area contributed by atoms with Crippen LogP contribution in [0, 0.1) is 5.41 Å². The molecule has 0 aliphatic carbocycles. The summed E-state index contributed by atoms with van der Waals surface area (Å²) in [7, 11) is 0. The monoisotopic (exact) mass is 213 g/mol. The van der Waals surface area contributed by atoms with E-state index < -0.39 is 0 Å². The zero-order chi connectivity index (χ0) is 11.4. The van der Waals surface area contributed by atoms with Crippen LogP contribution in [0.4, 0.5) is 0 Å². The van der Waals surface area contributed by atoms with Gasteiger partial charge < -0.3 is 10.1 Å². The van der Waals surface area contributed by atoms with Crippen LogP contribution in [0.15, 0.2) is 0 Å². The Hall–Kier alpha value is -0.0800. The van der Waals surface area contributed by atoms with Crippen molar-refractivity contribution in [3.05, 3.63) is 0 Å². The van der Waals surface area contributed by atoms with Gasteiger partial charge in [-0.3, -0.25) is 0 Å². The fourth-order valence-electron chi connectivity index (χ4n) is 2.37. The Morgan fingerprint density at radius 1 is 0.933 bits per heavy atom. The van der Waals surface area contributed by atoms with Crippen molar-refractivity contribution in [1.82, 2.24) is 5.32 Å². The Kier molecular flexibility index (Phi) is 4.60. The molecule has 0 spiro atoms. The molecule has 0 bridgehead atoms. The third kappa shape index (κ3) is 2.73. The zero-order valence-electron chi connectivity index (χ0n) is 10.9. The summed E-state index contributed by atoms with van der Waals surface area (Å²) in [5.74, 6) is 0. The third-order valence-electron chi connectivity index (χ3n) is 4.42. The van der Waals surface area contributed by atoms with Gasteiger partial charge in [-0.05, 0) is 25.7 Å². The molecule has 1 fully saturated rings. The minimum absolute atomic E-state index is 0.0894. The van der Waals surface area contributed by atoms with Crippen molar-refractivity contribution in [3.63, 3.8) is 0 Å². The quantitative estimate of drug-likeness (QED) is 0.775. The van der Waals surface area contributed by atoms with Crippen molar-refractivity contribution in [3.8, 4) is 0 Å². The lowest BCUT2D eigenvalue weighted by atomic mass is 9.83. The number of hydrogen-bond donors (Lipinski definition) is 1. The summed E-state index contributed by atoms with van der Waals surface area (Å²) in [6, 6.07) is 0. The van der Waals surface area contributed by atoms with Gasteiger partial charge in [-0.15, -0.1) is 0 Å². The van der Waals surface area contributed by atoms with E-state index in [1.54, 1.807) is 0 Å². The molecule has 0 atom stereocenters. The van der Waals surface area contributed by atoms with Gasteiger partial charge in [0, 0.05) is 18.5 Å². The second-order valence-corrected chi connectivity index (χ2v) is 4.99. The first-order valence-corrected chi connectivity index (χ1v) is 6.50. The first-order chi connectivity index (χ1) is 7.16. The summed E-state index contributed by atoms with van der Waals surface area (Å²) in [5, 5.41) is 3.61. The van der Waals surface area contributed by atoms with E-state index in [1.807, 2.05) is 0 Å². The number of hydrogen-bond acceptors (Lipinski definition) is 2. The maximum absolute atomic E-state index is 6.22. The highest BCUT2D eigenvalue weighted by atomic mass is 16.5. The fourth-order valence-corrected chi connectivity index (χ4v) is 2.37. The molecule has 2 nitrogen and oxygen atoms in total. The average molecular weight is 213 g/mol. The van der Waals surface area contributed by atoms with E-state index >= 15 is 0 Å². The van der Waals surface area contributed by atoms with E-state index in [0.29, 0.717) is 5.41 Å². The van der Waals surface area contributed by atoms with Crippen LogP contribution in [0.2, 0.25) is 0 Å². The normalized spacial score (nSPS) is 24.8. The maximum Gasteiger partial charge on any atom is 0.0801 e. The third-order valence-corrected chi connectivity index (χ3v) is 4.42. The largest absolute Gasteiger partial charge is 0.373 e. The molecule has 0 aromatic carbocycles. The van der Waals surface area contributed by atoms with Gasteiger partial charge >= 0.3 is 0 Å². The first-order valence-electron chi connectivity index (χ1n) is 6.50. The van der Waals surface area contributed by atoms with Crippen molar-refractivity contribution in [2.24, 2.45) is 5.41 Å². The summed E-state index contributed by atoms with van der Waals surface area (Å²) < 4.78 is 6.22. The highest BCUT2D eigenvalue weighted by Crippen LogP contribution is 2.32. The van der Waals surface area contributed by atoms with Crippen LogP contribution in [0.25, 0.3) is 0 Å². The summed E-state index contributed by atoms with van der Waals surface area (Å²) in [4.78, 5) is 0. The zero-order valence-corrected chi connectivity index (χ0v) is 10.9. The van der Waals surface area contributed by atoms with E-state index in [1.165, 1.54) is 12.8 Å². The molecular formula is C13H27NO. The predicted molar refractivity (Wildman–Crippen MR) is 65.1 cm³/mol. The first kappa shape index (κ1) is 13.0. The van der Waals surface area contributed by atoms with Crippen LogP contribution < -0.4 is 5.32 Å². The highest BCUT2D eigenvalue weighted by molar-refractivity contribution is 4.89. The summed E-state index contributed by atoms with van der Waals surface area (Å²) >= 11 is 0. The molecule has 1 aliphatic heterocycles. The van der Waals surface area contributed by atoms with Gasteiger partial charge in [0.25, 0.3) is 0 Å². The Morgan fingerprint density at radius 2 is 1.53 bits per heavy atom. The van der Waals surface area contributed by atoms with Gasteiger partial charge in [0.1, 0.15) is 0 Å². The molecule has 0 unspecified atom stereocenters. The van der Waals surface area contributed by atoms with Crippen LogP contribution in [-0.2, 0) is 4.74 Å². The molecular weight excluding hydrogens is 186 g/mol. The summed E-state index contributed by atoms with van der Waals surface area (Å²) in [5.41, 5.74) is 0.457. The molecule has 15 heavy (non-hydrogen) atoms. The average Bonchev–Trinajstić information content (AvgIpc) is 2.49. The van der Waals surface area contributed by atoms with Crippen LogP contribution in [0.3, 0.4) is 0 Å². The van der Waals surface area contributed by atoms with Gasteiger partial charge in [0.2, 0.25) is 0 Å². The van der Waals surface area contributed by atoms with Crippen molar-refractivity contribution in [1.29, 1.82) is 0 Å². The number of rotatable bonds is 4. The van der Waals surface area contributed by atoms with Gasteiger partial charge in [0.05, 0.1) is 12.2 Å². The molecule has 0 saturated carbocycles. The molecule has 1 rings (SSSR count). The summed E-state index contributed by atoms with van der Waals surface area (Å²) in [6.45, 7) is 12.1. The van der Waals surface area contributed by atoms with Crippen LogP contribution in [0.1, 0.15) is 53.4 Å². The maximum atomic E-state index is 6.22. The molecule has 1 aliphatic rings. The van der Waals surface area contributed by atoms with Gasteiger partial charge in [-0.1, -0.05) is 27.7 Å². The Morgan fingerprint density at radius 3 is 2.00 bits per heavy atom. The fraction of sp³-hybridized carbons (Fsp3) is 1.00. The predicted octanol–water partition coefficient (Wildman–Crippen LogP) is 2.97. The Balaban J connectivity index is 2.69. The molecule has 2 heteroatoms. The second-order valence-electron chi connectivity index (χ2n) is 4.99. The molecule has 0 aromatic heterocycles. The standard InChI is InChI=1S/C13H27NO/c1-5-12(6-2)9-14-10-13(7-3,8-4)15-11-12/h14H,5-11H2,1-4H3. The highest BCUT2D eigenvalue weighted by Gasteiger charge is 2.36.